The fourth-order valence-corrected chi connectivity index (χ4v) is 2.09. The maximum Gasteiger partial charge on any atom is 0.221 e. The molecular weight excluding hydrogens is 285 g/mol. The lowest BCUT2D eigenvalue weighted by atomic mass is 10.1. The third kappa shape index (κ3) is 6.14. The van der Waals surface area contributed by atoms with Crippen molar-refractivity contribution in [2.24, 2.45) is 0 Å². The number of hydrogen-bond acceptors (Lipinski definition) is 3. The zero-order valence-corrected chi connectivity index (χ0v) is 12.6. The second kappa shape index (κ2) is 9.02. The van der Waals surface area contributed by atoms with Gasteiger partial charge in [0.25, 0.3) is 0 Å². The molecule has 0 bridgehead atoms. The molecule has 3 N–H and O–H groups in total. The van der Waals surface area contributed by atoms with E-state index in [1.807, 2.05) is 24.3 Å². The zero-order valence-electron chi connectivity index (χ0n) is 10.9. The summed E-state index contributed by atoms with van der Waals surface area (Å²) in [5, 5.41) is 9.64. The van der Waals surface area contributed by atoms with Crippen LogP contribution < -0.4 is 16.0 Å². The lowest BCUT2D eigenvalue weighted by Gasteiger charge is -2.24. The average Bonchev–Trinajstić information content (AvgIpc) is 2.30. The maximum absolute atomic E-state index is 11.0. The molecule has 108 valence electrons. The Labute approximate surface area is 126 Å². The lowest BCUT2D eigenvalue weighted by molar-refractivity contribution is -0.114. The van der Waals surface area contributed by atoms with Crippen LogP contribution in [0, 0.1) is 0 Å². The van der Waals surface area contributed by atoms with Gasteiger partial charge in [0.2, 0.25) is 5.91 Å². The van der Waals surface area contributed by atoms with E-state index in [0.717, 1.165) is 37.3 Å². The van der Waals surface area contributed by atoms with Crippen LogP contribution >= 0.6 is 24.8 Å². The number of halogens is 2. The van der Waals surface area contributed by atoms with Crippen LogP contribution in [0.4, 0.5) is 11.4 Å². The van der Waals surface area contributed by atoms with Gasteiger partial charge in [-0.05, 0) is 44.1 Å². The quantitative estimate of drug-likeness (QED) is 0.805. The first-order valence-corrected chi connectivity index (χ1v) is 6.09. The van der Waals surface area contributed by atoms with Crippen LogP contribution in [-0.2, 0) is 4.79 Å². The molecule has 0 radical (unpaired) electrons. The average molecular weight is 306 g/mol. The molecule has 19 heavy (non-hydrogen) atoms. The zero-order chi connectivity index (χ0) is 12.1. The van der Waals surface area contributed by atoms with E-state index in [9.17, 15) is 4.79 Å². The predicted octanol–water partition coefficient (Wildman–Crippen LogP) is 2.65. The van der Waals surface area contributed by atoms with Gasteiger partial charge in [0.05, 0.1) is 0 Å². The summed E-state index contributed by atoms with van der Waals surface area (Å²) in [5.74, 6) is -0.0379. The molecule has 1 aromatic rings. The van der Waals surface area contributed by atoms with Gasteiger partial charge in [-0.25, -0.2) is 0 Å². The van der Waals surface area contributed by atoms with Crippen molar-refractivity contribution < 1.29 is 4.79 Å². The van der Waals surface area contributed by atoms with Crippen molar-refractivity contribution >= 4 is 42.1 Å². The summed E-state index contributed by atoms with van der Waals surface area (Å²) in [5.41, 5.74) is 1.92. The van der Waals surface area contributed by atoms with Gasteiger partial charge in [0.15, 0.2) is 0 Å². The van der Waals surface area contributed by atoms with Crippen molar-refractivity contribution in [2.75, 3.05) is 23.7 Å². The molecule has 1 aliphatic heterocycles. The van der Waals surface area contributed by atoms with Crippen molar-refractivity contribution in [3.63, 3.8) is 0 Å². The minimum atomic E-state index is -0.0379. The van der Waals surface area contributed by atoms with Gasteiger partial charge in [-0.3, -0.25) is 4.79 Å². The Kier molecular flexibility index (Phi) is 8.56. The molecule has 0 saturated carbocycles. The fraction of sp³-hybridized carbons (Fsp3) is 0.462. The van der Waals surface area contributed by atoms with Crippen LogP contribution in [0.3, 0.4) is 0 Å². The Morgan fingerprint density at radius 2 is 1.84 bits per heavy atom. The van der Waals surface area contributed by atoms with Crippen LogP contribution in [0.25, 0.3) is 0 Å². The molecular formula is C13H21Cl2N3O. The topological polar surface area (TPSA) is 53.2 Å². The van der Waals surface area contributed by atoms with E-state index in [1.54, 1.807) is 0 Å². The molecule has 1 aromatic carbocycles. The molecule has 1 amide bonds. The van der Waals surface area contributed by atoms with Gasteiger partial charge in [0, 0.05) is 24.3 Å². The number of anilines is 2. The standard InChI is InChI=1S/C13H19N3O.2ClH/c1-10(17)15-12-3-2-4-13(9-12)16-11-5-7-14-8-6-11;;/h2-4,9,11,14,16H,5-8H2,1H3,(H,15,17);2*1H. The summed E-state index contributed by atoms with van der Waals surface area (Å²) in [6, 6.07) is 8.39. The van der Waals surface area contributed by atoms with Gasteiger partial charge in [-0.2, -0.15) is 0 Å². The second-order valence-electron chi connectivity index (χ2n) is 4.43. The van der Waals surface area contributed by atoms with E-state index >= 15 is 0 Å². The van der Waals surface area contributed by atoms with Crippen LogP contribution in [0.2, 0.25) is 0 Å². The summed E-state index contributed by atoms with van der Waals surface area (Å²) in [6.45, 7) is 3.67. The number of carbonyl (C=O) groups is 1. The summed E-state index contributed by atoms with van der Waals surface area (Å²) in [6.07, 6.45) is 2.29. The third-order valence-electron chi connectivity index (χ3n) is 2.89. The number of amides is 1. The highest BCUT2D eigenvalue weighted by Crippen LogP contribution is 2.18. The molecule has 1 saturated heterocycles. The number of hydrogen-bond donors (Lipinski definition) is 3. The Bertz CT molecular complexity index is 395. The second-order valence-corrected chi connectivity index (χ2v) is 4.43. The molecule has 1 aliphatic rings. The minimum absolute atomic E-state index is 0. The third-order valence-corrected chi connectivity index (χ3v) is 2.89. The molecule has 0 aromatic heterocycles. The first kappa shape index (κ1) is 18.0. The molecule has 1 fully saturated rings. The highest BCUT2D eigenvalue weighted by Gasteiger charge is 2.12. The van der Waals surface area contributed by atoms with Gasteiger partial charge < -0.3 is 16.0 Å². The number of piperidine rings is 1. The predicted molar refractivity (Wildman–Crippen MR) is 84.8 cm³/mol. The molecule has 2 rings (SSSR count). The highest BCUT2D eigenvalue weighted by molar-refractivity contribution is 5.89. The van der Waals surface area contributed by atoms with Gasteiger partial charge in [-0.15, -0.1) is 24.8 Å². The first-order valence-electron chi connectivity index (χ1n) is 6.09. The maximum atomic E-state index is 11.0. The van der Waals surface area contributed by atoms with E-state index in [2.05, 4.69) is 16.0 Å². The smallest absolute Gasteiger partial charge is 0.221 e. The van der Waals surface area contributed by atoms with Crippen molar-refractivity contribution in [3.05, 3.63) is 24.3 Å². The Morgan fingerprint density at radius 3 is 2.47 bits per heavy atom. The summed E-state index contributed by atoms with van der Waals surface area (Å²) < 4.78 is 0. The van der Waals surface area contributed by atoms with Crippen LogP contribution in [0.5, 0.6) is 0 Å². The van der Waals surface area contributed by atoms with Gasteiger partial charge in [-0.1, -0.05) is 6.07 Å². The van der Waals surface area contributed by atoms with E-state index in [4.69, 9.17) is 0 Å². The fourth-order valence-electron chi connectivity index (χ4n) is 2.09. The molecule has 0 aliphatic carbocycles. The van der Waals surface area contributed by atoms with Crippen molar-refractivity contribution in [1.82, 2.24) is 5.32 Å². The van der Waals surface area contributed by atoms with Crippen molar-refractivity contribution in [2.45, 2.75) is 25.8 Å². The normalized spacial score (nSPS) is 14.8. The van der Waals surface area contributed by atoms with Crippen molar-refractivity contribution in [1.29, 1.82) is 0 Å². The van der Waals surface area contributed by atoms with E-state index in [1.165, 1.54) is 6.92 Å². The first-order chi connectivity index (χ1) is 8.24. The Morgan fingerprint density at radius 1 is 1.21 bits per heavy atom. The minimum Gasteiger partial charge on any atom is -0.382 e. The Hall–Kier alpha value is -0.970. The summed E-state index contributed by atoms with van der Waals surface area (Å²) in [7, 11) is 0. The number of rotatable bonds is 3. The van der Waals surface area contributed by atoms with E-state index in [0.29, 0.717) is 6.04 Å². The van der Waals surface area contributed by atoms with E-state index in [-0.39, 0.29) is 30.7 Å². The van der Waals surface area contributed by atoms with Crippen LogP contribution in [-0.4, -0.2) is 25.0 Å². The van der Waals surface area contributed by atoms with Crippen LogP contribution in [0.15, 0.2) is 24.3 Å². The van der Waals surface area contributed by atoms with Gasteiger partial charge >= 0.3 is 0 Å². The Balaban J connectivity index is 0.00000162. The number of carbonyl (C=O) groups excluding carboxylic acids is 1. The van der Waals surface area contributed by atoms with Crippen molar-refractivity contribution in [3.8, 4) is 0 Å². The molecule has 0 unspecified atom stereocenters. The molecule has 1 heterocycles. The molecule has 0 spiro atoms. The largest absolute Gasteiger partial charge is 0.382 e. The van der Waals surface area contributed by atoms with E-state index < -0.39 is 0 Å². The summed E-state index contributed by atoms with van der Waals surface area (Å²) >= 11 is 0. The molecule has 6 heteroatoms. The van der Waals surface area contributed by atoms with Gasteiger partial charge in [0.1, 0.15) is 0 Å². The number of benzene rings is 1. The summed E-state index contributed by atoms with van der Waals surface area (Å²) in [4.78, 5) is 11.0. The number of nitrogens with one attached hydrogen (secondary N) is 3. The molecule has 0 atom stereocenters. The lowest BCUT2D eigenvalue weighted by Crippen LogP contribution is -2.35. The molecule has 4 nitrogen and oxygen atoms in total. The SMILES string of the molecule is CC(=O)Nc1cccc(NC2CCNCC2)c1.Cl.Cl. The monoisotopic (exact) mass is 305 g/mol. The van der Waals surface area contributed by atoms with Crippen LogP contribution in [0.1, 0.15) is 19.8 Å². The highest BCUT2D eigenvalue weighted by atomic mass is 35.5.